The van der Waals surface area contributed by atoms with Crippen LogP contribution in [0.3, 0.4) is 0 Å². The van der Waals surface area contributed by atoms with Crippen molar-refractivity contribution in [2.45, 2.75) is 26.4 Å². The molecule has 0 aromatic carbocycles. The first-order valence-corrected chi connectivity index (χ1v) is 7.54. The molecule has 1 atom stereocenters. The van der Waals surface area contributed by atoms with Crippen molar-refractivity contribution in [3.05, 3.63) is 16.4 Å². The minimum Gasteiger partial charge on any atom is -0.383 e. The van der Waals surface area contributed by atoms with E-state index in [1.807, 2.05) is 14.0 Å². The summed E-state index contributed by atoms with van der Waals surface area (Å²) in [6.07, 6.45) is 0. The molecule has 2 rings (SSSR count). The molecule has 0 unspecified atom stereocenters. The van der Waals surface area contributed by atoms with Crippen molar-refractivity contribution in [2.75, 3.05) is 39.9 Å². The van der Waals surface area contributed by atoms with E-state index >= 15 is 0 Å². The third kappa shape index (κ3) is 3.52. The average molecular weight is 301 g/mol. The molecular weight excluding hydrogens is 276 g/mol. The number of hydrogen-bond donors (Lipinski definition) is 0. The molecule has 5 nitrogen and oxygen atoms in total. The molecular formula is C14H25ClN4O. The number of piperazine rings is 1. The summed E-state index contributed by atoms with van der Waals surface area (Å²) in [6, 6.07) is 0.551. The summed E-state index contributed by atoms with van der Waals surface area (Å²) in [5.41, 5.74) is 2.19. The Morgan fingerprint density at radius 3 is 2.70 bits per heavy atom. The maximum atomic E-state index is 6.31. The van der Waals surface area contributed by atoms with Gasteiger partial charge in [-0.25, -0.2) is 0 Å². The predicted molar refractivity (Wildman–Crippen MR) is 81.1 cm³/mol. The van der Waals surface area contributed by atoms with E-state index in [1.165, 1.54) is 0 Å². The predicted octanol–water partition coefficient (Wildman–Crippen LogP) is 1.53. The summed E-state index contributed by atoms with van der Waals surface area (Å²) >= 11 is 6.31. The average Bonchev–Trinajstić information content (AvgIpc) is 2.64. The second-order valence-electron chi connectivity index (χ2n) is 5.59. The zero-order chi connectivity index (χ0) is 14.7. The van der Waals surface area contributed by atoms with Crippen LogP contribution in [0.4, 0.5) is 0 Å². The molecule has 114 valence electrons. The van der Waals surface area contributed by atoms with Crippen molar-refractivity contribution in [1.82, 2.24) is 19.6 Å². The number of ether oxygens (including phenoxy) is 1. The van der Waals surface area contributed by atoms with Crippen LogP contribution in [0, 0.1) is 6.92 Å². The molecule has 0 spiro atoms. The molecule has 0 N–H and O–H groups in total. The lowest BCUT2D eigenvalue weighted by atomic mass is 10.1. The first-order valence-electron chi connectivity index (χ1n) is 7.16. The van der Waals surface area contributed by atoms with Gasteiger partial charge >= 0.3 is 0 Å². The highest BCUT2D eigenvalue weighted by Gasteiger charge is 2.24. The molecule has 1 aliphatic rings. The minimum atomic E-state index is 0.551. The van der Waals surface area contributed by atoms with Gasteiger partial charge in [-0.3, -0.25) is 14.5 Å². The lowest BCUT2D eigenvalue weighted by Gasteiger charge is -2.39. The van der Waals surface area contributed by atoms with Crippen LogP contribution in [-0.2, 0) is 18.3 Å². The van der Waals surface area contributed by atoms with E-state index in [2.05, 4.69) is 21.8 Å². The molecule has 1 saturated heterocycles. The lowest BCUT2D eigenvalue weighted by molar-refractivity contribution is 0.0557. The standard InChI is InChI=1S/C14H25ClN4O/c1-11-9-18(5-6-19(11)7-8-20-4)10-13-12(2)16-17(3)14(13)15/h11H,5-10H2,1-4H3/t11-/m0/s1. The molecule has 6 heteroatoms. The molecule has 1 fully saturated rings. The zero-order valence-electron chi connectivity index (χ0n) is 12.9. The molecule has 0 radical (unpaired) electrons. The van der Waals surface area contributed by atoms with E-state index in [-0.39, 0.29) is 0 Å². The van der Waals surface area contributed by atoms with Gasteiger partial charge in [-0.2, -0.15) is 5.10 Å². The normalized spacial score (nSPS) is 21.6. The Balaban J connectivity index is 1.93. The number of hydrogen-bond acceptors (Lipinski definition) is 4. The largest absolute Gasteiger partial charge is 0.383 e. The molecule has 0 amide bonds. The summed E-state index contributed by atoms with van der Waals surface area (Å²) in [5, 5.41) is 5.14. The van der Waals surface area contributed by atoms with Crippen molar-refractivity contribution < 1.29 is 4.74 Å². The van der Waals surface area contributed by atoms with Gasteiger partial charge in [-0.1, -0.05) is 11.6 Å². The van der Waals surface area contributed by atoms with Gasteiger partial charge in [-0.05, 0) is 13.8 Å². The first-order chi connectivity index (χ1) is 9.52. The Hall–Kier alpha value is -0.620. The van der Waals surface area contributed by atoms with Crippen LogP contribution in [0.1, 0.15) is 18.2 Å². The topological polar surface area (TPSA) is 33.5 Å². The van der Waals surface area contributed by atoms with Gasteiger partial charge in [0.1, 0.15) is 5.15 Å². The van der Waals surface area contributed by atoms with Crippen molar-refractivity contribution in [1.29, 1.82) is 0 Å². The van der Waals surface area contributed by atoms with Crippen LogP contribution in [0.15, 0.2) is 0 Å². The third-order valence-electron chi connectivity index (χ3n) is 4.08. The van der Waals surface area contributed by atoms with E-state index in [0.717, 1.165) is 55.7 Å². The second kappa shape index (κ2) is 6.89. The molecule has 0 bridgehead atoms. The maximum Gasteiger partial charge on any atom is 0.131 e. The Bertz CT molecular complexity index is 449. The zero-order valence-corrected chi connectivity index (χ0v) is 13.7. The summed E-state index contributed by atoms with van der Waals surface area (Å²) in [5.74, 6) is 0. The van der Waals surface area contributed by atoms with Gasteiger partial charge in [0.05, 0.1) is 12.3 Å². The van der Waals surface area contributed by atoms with Gasteiger partial charge in [0.25, 0.3) is 0 Å². The molecule has 1 aliphatic heterocycles. The maximum absolute atomic E-state index is 6.31. The molecule has 0 aliphatic carbocycles. The fraction of sp³-hybridized carbons (Fsp3) is 0.786. The van der Waals surface area contributed by atoms with Crippen molar-refractivity contribution in [3.63, 3.8) is 0 Å². The SMILES string of the molecule is COCCN1CCN(Cc2c(C)nn(C)c2Cl)C[C@@H]1C. The van der Waals surface area contributed by atoms with Gasteiger partial charge in [0, 0.05) is 58.5 Å². The van der Waals surface area contributed by atoms with Crippen LogP contribution in [0.2, 0.25) is 5.15 Å². The summed E-state index contributed by atoms with van der Waals surface area (Å²) < 4.78 is 6.92. The van der Waals surface area contributed by atoms with Gasteiger partial charge in [0.2, 0.25) is 0 Å². The summed E-state index contributed by atoms with van der Waals surface area (Å²) in [6.45, 7) is 10.2. The Morgan fingerprint density at radius 1 is 1.40 bits per heavy atom. The Morgan fingerprint density at radius 2 is 2.15 bits per heavy atom. The van der Waals surface area contributed by atoms with Gasteiger partial charge in [-0.15, -0.1) is 0 Å². The number of nitrogens with zero attached hydrogens (tertiary/aromatic N) is 4. The van der Waals surface area contributed by atoms with Crippen LogP contribution >= 0.6 is 11.6 Å². The lowest BCUT2D eigenvalue weighted by Crippen LogP contribution is -2.52. The van der Waals surface area contributed by atoms with E-state index in [1.54, 1.807) is 11.8 Å². The van der Waals surface area contributed by atoms with E-state index in [9.17, 15) is 0 Å². The Labute approximate surface area is 126 Å². The van der Waals surface area contributed by atoms with Crippen LogP contribution in [0.25, 0.3) is 0 Å². The number of aromatic nitrogens is 2. The number of halogens is 1. The first kappa shape index (κ1) is 15.8. The molecule has 2 heterocycles. The van der Waals surface area contributed by atoms with Gasteiger partial charge in [0.15, 0.2) is 0 Å². The van der Waals surface area contributed by atoms with Crippen molar-refractivity contribution in [3.8, 4) is 0 Å². The monoisotopic (exact) mass is 300 g/mol. The second-order valence-corrected chi connectivity index (χ2v) is 5.95. The van der Waals surface area contributed by atoms with Crippen molar-refractivity contribution in [2.24, 2.45) is 7.05 Å². The quantitative estimate of drug-likeness (QED) is 0.826. The van der Waals surface area contributed by atoms with Crippen LogP contribution in [0.5, 0.6) is 0 Å². The highest BCUT2D eigenvalue weighted by atomic mass is 35.5. The Kier molecular flexibility index (Phi) is 5.43. The smallest absolute Gasteiger partial charge is 0.131 e. The number of aryl methyl sites for hydroxylation is 2. The van der Waals surface area contributed by atoms with E-state index < -0.39 is 0 Å². The molecule has 1 aromatic heterocycles. The highest BCUT2D eigenvalue weighted by molar-refractivity contribution is 6.30. The fourth-order valence-corrected chi connectivity index (χ4v) is 3.07. The van der Waals surface area contributed by atoms with Crippen LogP contribution in [-0.4, -0.2) is 65.5 Å². The van der Waals surface area contributed by atoms with Crippen LogP contribution < -0.4 is 0 Å². The summed E-state index contributed by atoms with van der Waals surface area (Å²) in [4.78, 5) is 4.95. The summed E-state index contributed by atoms with van der Waals surface area (Å²) in [7, 11) is 3.65. The fourth-order valence-electron chi connectivity index (χ4n) is 2.83. The van der Waals surface area contributed by atoms with Gasteiger partial charge < -0.3 is 4.74 Å². The third-order valence-corrected chi connectivity index (χ3v) is 4.56. The number of methoxy groups -OCH3 is 1. The van der Waals surface area contributed by atoms with E-state index in [0.29, 0.717) is 6.04 Å². The highest BCUT2D eigenvalue weighted by Crippen LogP contribution is 2.22. The van der Waals surface area contributed by atoms with Crippen molar-refractivity contribution >= 4 is 11.6 Å². The molecule has 0 saturated carbocycles. The number of rotatable bonds is 5. The molecule has 20 heavy (non-hydrogen) atoms. The molecule has 1 aromatic rings. The minimum absolute atomic E-state index is 0.551. The van der Waals surface area contributed by atoms with E-state index in [4.69, 9.17) is 16.3 Å².